The molecule has 0 radical (unpaired) electrons. The van der Waals surface area contributed by atoms with Gasteiger partial charge in [0.25, 0.3) is 0 Å². The number of piperidine rings is 1. The summed E-state index contributed by atoms with van der Waals surface area (Å²) in [6.45, 7) is 3.38. The van der Waals surface area contributed by atoms with Gasteiger partial charge in [-0.3, -0.25) is 4.90 Å². The SMILES string of the molecule is c1ccc(COc2ccc3c(c2)C2(c4ccccc4)CC(CN(Cc4ccccc4)C2)O3)cc1. The number of hydrogen-bond acceptors (Lipinski definition) is 3. The van der Waals surface area contributed by atoms with Crippen molar-refractivity contribution in [2.24, 2.45) is 0 Å². The minimum atomic E-state index is -0.126. The molecule has 3 nitrogen and oxygen atoms in total. The van der Waals surface area contributed by atoms with Crippen molar-refractivity contribution >= 4 is 0 Å². The normalized spacial score (nSPS) is 21.4. The molecule has 0 saturated carbocycles. The number of benzene rings is 4. The third-order valence-electron chi connectivity index (χ3n) is 7.12. The maximum absolute atomic E-state index is 6.54. The van der Waals surface area contributed by atoms with Gasteiger partial charge in [-0.15, -0.1) is 0 Å². The Bertz CT molecular complexity index is 1240. The Labute approximate surface area is 201 Å². The maximum atomic E-state index is 6.54. The van der Waals surface area contributed by atoms with Gasteiger partial charge in [0.05, 0.1) is 0 Å². The van der Waals surface area contributed by atoms with Crippen LogP contribution in [-0.2, 0) is 18.6 Å². The molecule has 34 heavy (non-hydrogen) atoms. The van der Waals surface area contributed by atoms with Crippen LogP contribution in [0.25, 0.3) is 0 Å². The lowest BCUT2D eigenvalue weighted by Gasteiger charge is -2.50. The molecule has 3 heteroatoms. The first-order chi connectivity index (χ1) is 16.8. The number of ether oxygens (including phenoxy) is 2. The van der Waals surface area contributed by atoms with Crippen LogP contribution < -0.4 is 9.47 Å². The van der Waals surface area contributed by atoms with Crippen molar-refractivity contribution in [3.05, 3.63) is 131 Å². The first kappa shape index (κ1) is 21.0. The van der Waals surface area contributed by atoms with Crippen molar-refractivity contribution in [3.8, 4) is 11.5 Å². The van der Waals surface area contributed by atoms with Gasteiger partial charge >= 0.3 is 0 Å². The molecule has 1 fully saturated rings. The van der Waals surface area contributed by atoms with Crippen molar-refractivity contribution in [1.29, 1.82) is 0 Å². The fourth-order valence-corrected chi connectivity index (χ4v) is 5.61. The summed E-state index contributed by atoms with van der Waals surface area (Å²) in [7, 11) is 0. The molecule has 2 unspecified atom stereocenters. The van der Waals surface area contributed by atoms with Crippen LogP contribution in [-0.4, -0.2) is 24.1 Å². The molecule has 4 aromatic carbocycles. The molecule has 2 bridgehead atoms. The largest absolute Gasteiger partial charge is 0.489 e. The highest BCUT2D eigenvalue weighted by atomic mass is 16.5. The number of rotatable bonds is 6. The molecule has 6 rings (SSSR count). The summed E-state index contributed by atoms with van der Waals surface area (Å²) < 4.78 is 12.8. The van der Waals surface area contributed by atoms with E-state index in [0.29, 0.717) is 6.61 Å². The van der Waals surface area contributed by atoms with Crippen LogP contribution >= 0.6 is 0 Å². The number of nitrogens with zero attached hydrogens (tertiary/aromatic N) is 1. The van der Waals surface area contributed by atoms with Gasteiger partial charge in [-0.2, -0.15) is 0 Å². The predicted octanol–water partition coefficient (Wildman–Crippen LogP) is 6.22. The Morgan fingerprint density at radius 3 is 2.21 bits per heavy atom. The summed E-state index contributed by atoms with van der Waals surface area (Å²) >= 11 is 0. The van der Waals surface area contributed by atoms with Crippen LogP contribution in [0.2, 0.25) is 0 Å². The second-order valence-electron chi connectivity index (χ2n) is 9.48. The van der Waals surface area contributed by atoms with Crippen LogP contribution in [0.5, 0.6) is 11.5 Å². The van der Waals surface area contributed by atoms with E-state index in [2.05, 4.69) is 89.8 Å². The van der Waals surface area contributed by atoms with Gasteiger partial charge < -0.3 is 9.47 Å². The molecule has 2 heterocycles. The zero-order valence-corrected chi connectivity index (χ0v) is 19.3. The third kappa shape index (κ3) is 4.08. The average Bonchev–Trinajstić information content (AvgIpc) is 2.89. The van der Waals surface area contributed by atoms with Crippen LogP contribution in [0, 0.1) is 0 Å². The Kier molecular flexibility index (Phi) is 5.56. The van der Waals surface area contributed by atoms with Crippen LogP contribution in [0.3, 0.4) is 0 Å². The quantitative estimate of drug-likeness (QED) is 0.350. The van der Waals surface area contributed by atoms with E-state index in [1.165, 1.54) is 22.3 Å². The molecule has 0 N–H and O–H groups in total. The fraction of sp³-hybridized carbons (Fsp3) is 0.226. The van der Waals surface area contributed by atoms with Crippen molar-refractivity contribution in [1.82, 2.24) is 4.90 Å². The topological polar surface area (TPSA) is 21.7 Å². The van der Waals surface area contributed by atoms with E-state index < -0.39 is 0 Å². The first-order valence-corrected chi connectivity index (χ1v) is 12.1. The lowest BCUT2D eigenvalue weighted by atomic mass is 9.66. The van der Waals surface area contributed by atoms with Crippen LogP contribution in [0.1, 0.15) is 28.7 Å². The standard InChI is InChI=1S/C31H29NO2/c1-4-10-24(11-5-1)20-32-21-28-19-31(23-32,26-14-8-3-9-15-26)29-18-27(16-17-30(29)34-28)33-22-25-12-6-2-7-13-25/h1-18,28H,19-23H2. The third-order valence-corrected chi connectivity index (χ3v) is 7.12. The predicted molar refractivity (Wildman–Crippen MR) is 135 cm³/mol. The summed E-state index contributed by atoms with van der Waals surface area (Å²) in [5, 5.41) is 0. The number of likely N-dealkylation sites (tertiary alicyclic amines) is 1. The van der Waals surface area contributed by atoms with Gasteiger partial charge in [0.15, 0.2) is 0 Å². The van der Waals surface area contributed by atoms with Gasteiger partial charge in [0, 0.05) is 37.0 Å². The van der Waals surface area contributed by atoms with E-state index >= 15 is 0 Å². The molecule has 0 aromatic heterocycles. The van der Waals surface area contributed by atoms with E-state index in [9.17, 15) is 0 Å². The van der Waals surface area contributed by atoms with Crippen LogP contribution in [0.4, 0.5) is 0 Å². The molecule has 0 spiro atoms. The van der Waals surface area contributed by atoms with Crippen molar-refractivity contribution in [2.45, 2.75) is 31.1 Å². The summed E-state index contributed by atoms with van der Waals surface area (Å²) in [5.74, 6) is 1.88. The Morgan fingerprint density at radius 2 is 1.47 bits per heavy atom. The first-order valence-electron chi connectivity index (χ1n) is 12.1. The minimum absolute atomic E-state index is 0.126. The molecular formula is C31H29NO2. The molecule has 2 atom stereocenters. The van der Waals surface area contributed by atoms with E-state index in [0.717, 1.165) is 37.6 Å². The highest BCUT2D eigenvalue weighted by Gasteiger charge is 2.48. The molecule has 0 aliphatic carbocycles. The fourth-order valence-electron chi connectivity index (χ4n) is 5.61. The summed E-state index contributed by atoms with van der Waals surface area (Å²) in [5.41, 5.74) is 4.96. The summed E-state index contributed by atoms with van der Waals surface area (Å²) in [6.07, 6.45) is 1.15. The Morgan fingerprint density at radius 1 is 0.794 bits per heavy atom. The van der Waals surface area contributed by atoms with Crippen molar-refractivity contribution in [3.63, 3.8) is 0 Å². The maximum Gasteiger partial charge on any atom is 0.124 e. The molecule has 170 valence electrons. The smallest absolute Gasteiger partial charge is 0.124 e. The van der Waals surface area contributed by atoms with Gasteiger partial charge in [-0.25, -0.2) is 0 Å². The highest BCUT2D eigenvalue weighted by molar-refractivity contribution is 5.53. The van der Waals surface area contributed by atoms with Gasteiger partial charge in [0.2, 0.25) is 0 Å². The zero-order chi connectivity index (χ0) is 22.8. The second-order valence-corrected chi connectivity index (χ2v) is 9.48. The van der Waals surface area contributed by atoms with Crippen molar-refractivity contribution in [2.75, 3.05) is 13.1 Å². The van der Waals surface area contributed by atoms with Crippen LogP contribution in [0.15, 0.2) is 109 Å². The van der Waals surface area contributed by atoms with E-state index in [-0.39, 0.29) is 11.5 Å². The number of hydrogen-bond donors (Lipinski definition) is 0. The minimum Gasteiger partial charge on any atom is -0.489 e. The average molecular weight is 448 g/mol. The molecule has 4 aromatic rings. The molecular weight excluding hydrogens is 418 g/mol. The lowest BCUT2D eigenvalue weighted by Crippen LogP contribution is -2.56. The molecule has 0 amide bonds. The second kappa shape index (κ2) is 9.00. The Hall–Kier alpha value is -3.56. The Balaban J connectivity index is 1.36. The van der Waals surface area contributed by atoms with Gasteiger partial charge in [-0.05, 0) is 34.9 Å². The number of fused-ring (bicyclic) bond motifs is 4. The van der Waals surface area contributed by atoms with Gasteiger partial charge in [-0.1, -0.05) is 91.0 Å². The molecule has 2 aliphatic rings. The van der Waals surface area contributed by atoms with E-state index in [1.807, 2.05) is 24.3 Å². The van der Waals surface area contributed by atoms with Crippen molar-refractivity contribution < 1.29 is 9.47 Å². The zero-order valence-electron chi connectivity index (χ0n) is 19.3. The lowest BCUT2D eigenvalue weighted by molar-refractivity contribution is 0.0267. The van der Waals surface area contributed by atoms with E-state index in [4.69, 9.17) is 9.47 Å². The summed E-state index contributed by atoms with van der Waals surface area (Å²) in [4.78, 5) is 2.55. The highest BCUT2D eigenvalue weighted by Crippen LogP contribution is 2.49. The summed E-state index contributed by atoms with van der Waals surface area (Å²) in [6, 6.07) is 38.4. The van der Waals surface area contributed by atoms with E-state index in [1.54, 1.807) is 0 Å². The molecule has 2 aliphatic heterocycles. The molecule has 1 saturated heterocycles. The van der Waals surface area contributed by atoms with Gasteiger partial charge in [0.1, 0.15) is 24.2 Å². The monoisotopic (exact) mass is 447 g/mol.